The fraction of sp³-hybridized carbons (Fsp3) is 0.462. The molecule has 0 saturated carbocycles. The molecule has 0 spiro atoms. The molecule has 0 amide bonds. The van der Waals surface area contributed by atoms with Crippen LogP contribution < -0.4 is 9.37 Å². The number of hydrogen-bond donors (Lipinski definition) is 2. The Hall–Kier alpha value is -1.38. The van der Waals surface area contributed by atoms with Gasteiger partial charge in [0.1, 0.15) is 5.56 Å². The fourth-order valence-corrected chi connectivity index (χ4v) is 6.86. The molecular weight excluding hydrogens is 312 g/mol. The van der Waals surface area contributed by atoms with E-state index in [9.17, 15) is 18.3 Å². The van der Waals surface area contributed by atoms with E-state index in [0.29, 0.717) is 5.19 Å². The predicted octanol–water partition coefficient (Wildman–Crippen LogP) is 2.28. The van der Waals surface area contributed by atoms with Gasteiger partial charge in [-0.3, -0.25) is 4.55 Å². The van der Waals surface area contributed by atoms with Crippen LogP contribution in [0.2, 0.25) is 18.1 Å². The van der Waals surface area contributed by atoms with E-state index in [1.165, 1.54) is 6.07 Å². The van der Waals surface area contributed by atoms with Gasteiger partial charge < -0.3 is 9.29 Å². The molecule has 0 heterocycles. The largest absolute Gasteiger partial charge is 0.478 e. The minimum absolute atomic E-state index is 0.246. The van der Waals surface area contributed by atoms with Crippen molar-refractivity contribution in [1.82, 2.24) is 0 Å². The van der Waals surface area contributed by atoms with Crippen LogP contribution in [0, 0.1) is 0 Å². The van der Waals surface area contributed by atoms with Crippen molar-refractivity contribution in [2.75, 3.05) is 0 Å². The second kappa shape index (κ2) is 6.59. The molecule has 1 aromatic rings. The topological polar surface area (TPSA) is 101 Å². The summed E-state index contributed by atoms with van der Waals surface area (Å²) in [5, 5.41) is 9.85. The van der Waals surface area contributed by atoms with E-state index in [0.717, 1.165) is 18.1 Å². The zero-order valence-electron chi connectivity index (χ0n) is 12.3. The van der Waals surface area contributed by atoms with E-state index in [1.807, 2.05) is 20.8 Å². The van der Waals surface area contributed by atoms with E-state index >= 15 is 0 Å². The van der Waals surface area contributed by atoms with Gasteiger partial charge in [0.05, 0.1) is 8.07 Å². The lowest BCUT2D eigenvalue weighted by atomic mass is 10.2. The Balaban J connectivity index is 3.65. The van der Waals surface area contributed by atoms with Crippen LogP contribution in [-0.2, 0) is 10.4 Å². The third kappa shape index (κ3) is 3.83. The van der Waals surface area contributed by atoms with Gasteiger partial charge in [-0.05, 0) is 11.3 Å². The van der Waals surface area contributed by atoms with Gasteiger partial charge in [0.15, 0.2) is 5.75 Å². The first-order chi connectivity index (χ1) is 9.70. The van der Waals surface area contributed by atoms with Crippen LogP contribution in [-0.4, -0.2) is 32.1 Å². The third-order valence-electron chi connectivity index (χ3n) is 4.04. The average molecular weight is 332 g/mol. The minimum Gasteiger partial charge on any atom is -0.478 e. The second-order valence-corrected chi connectivity index (χ2v) is 11.1. The Labute approximate surface area is 125 Å². The van der Waals surface area contributed by atoms with Crippen molar-refractivity contribution in [3.8, 4) is 5.75 Å². The Kier molecular flexibility index (Phi) is 5.54. The first-order valence-corrected chi connectivity index (χ1v) is 10.7. The summed E-state index contributed by atoms with van der Waals surface area (Å²) >= 11 is 0. The number of aromatic carboxylic acids is 1. The van der Waals surface area contributed by atoms with Gasteiger partial charge in [-0.2, -0.15) is 8.42 Å². The molecule has 0 aliphatic heterocycles. The fourth-order valence-electron chi connectivity index (χ4n) is 2.64. The van der Waals surface area contributed by atoms with Crippen molar-refractivity contribution in [3.63, 3.8) is 0 Å². The lowest BCUT2D eigenvalue weighted by Crippen LogP contribution is -2.47. The molecule has 8 heteroatoms. The summed E-state index contributed by atoms with van der Waals surface area (Å²) in [7, 11) is -6.86. The van der Waals surface area contributed by atoms with Gasteiger partial charge in [-0.15, -0.1) is 0 Å². The molecular formula is C13H20O6SSi. The van der Waals surface area contributed by atoms with Crippen molar-refractivity contribution in [2.24, 2.45) is 0 Å². The number of para-hydroxylation sites is 1. The van der Waals surface area contributed by atoms with E-state index in [1.54, 1.807) is 12.1 Å². The summed E-state index contributed by atoms with van der Waals surface area (Å²) in [5.41, 5.74) is -0.252. The smallest absolute Gasteiger partial charge is 0.446 e. The van der Waals surface area contributed by atoms with Gasteiger partial charge in [-0.25, -0.2) is 4.79 Å². The van der Waals surface area contributed by atoms with Gasteiger partial charge in [0, 0.05) is 0 Å². The average Bonchev–Trinajstić information content (AvgIpc) is 2.40. The summed E-state index contributed by atoms with van der Waals surface area (Å²) in [6.45, 7) is 6.01. The molecule has 0 aliphatic rings. The van der Waals surface area contributed by atoms with E-state index in [-0.39, 0.29) is 11.3 Å². The van der Waals surface area contributed by atoms with Crippen molar-refractivity contribution in [1.29, 1.82) is 0 Å². The Morgan fingerprint density at radius 2 is 1.71 bits per heavy atom. The monoisotopic (exact) mass is 332 g/mol. The molecule has 2 N–H and O–H groups in total. The molecule has 0 fully saturated rings. The molecule has 21 heavy (non-hydrogen) atoms. The standard InChI is InChI=1S/C13H20O6SSi/c1-4-21(5-2,6-3)11-9-7-8-10(13(14)15)12(11)19-20(16,17)18/h7-9H,4-6H2,1-3H3,(H,14,15)(H,16,17,18). The summed E-state index contributed by atoms with van der Waals surface area (Å²) in [6.07, 6.45) is 0. The highest BCUT2D eigenvalue weighted by atomic mass is 32.3. The van der Waals surface area contributed by atoms with Crippen LogP contribution >= 0.6 is 0 Å². The summed E-state index contributed by atoms with van der Waals surface area (Å²) in [6, 6.07) is 7.03. The predicted molar refractivity (Wildman–Crippen MR) is 82.4 cm³/mol. The number of rotatable bonds is 7. The molecule has 0 bridgehead atoms. The SMILES string of the molecule is CC[Si](CC)(CC)c1cccc(C(=O)O)c1OS(=O)(=O)O. The first kappa shape index (κ1) is 17.7. The quantitative estimate of drug-likeness (QED) is 0.587. The normalized spacial score (nSPS) is 12.2. The zero-order chi connectivity index (χ0) is 16.3. The maximum atomic E-state index is 11.3. The zero-order valence-corrected chi connectivity index (χ0v) is 14.1. The molecule has 1 rings (SSSR count). The summed E-state index contributed by atoms with van der Waals surface area (Å²) < 4.78 is 35.7. The Morgan fingerprint density at radius 1 is 1.19 bits per heavy atom. The van der Waals surface area contributed by atoms with Crippen molar-refractivity contribution >= 4 is 29.6 Å². The third-order valence-corrected chi connectivity index (χ3v) is 10.0. The maximum Gasteiger partial charge on any atom is 0.446 e. The van der Waals surface area contributed by atoms with Crippen LogP contribution in [0.25, 0.3) is 0 Å². The van der Waals surface area contributed by atoms with Crippen molar-refractivity contribution in [2.45, 2.75) is 38.9 Å². The van der Waals surface area contributed by atoms with Crippen molar-refractivity contribution < 1.29 is 27.1 Å². The minimum atomic E-state index is -4.78. The number of carbonyl (C=O) groups is 1. The summed E-state index contributed by atoms with van der Waals surface area (Å²) in [4.78, 5) is 11.3. The lowest BCUT2D eigenvalue weighted by Gasteiger charge is -2.30. The molecule has 118 valence electrons. The molecule has 0 unspecified atom stereocenters. The van der Waals surface area contributed by atoms with E-state index in [4.69, 9.17) is 4.55 Å². The van der Waals surface area contributed by atoms with E-state index in [2.05, 4.69) is 4.18 Å². The van der Waals surface area contributed by atoms with Crippen LogP contribution in [0.5, 0.6) is 5.75 Å². The van der Waals surface area contributed by atoms with Crippen LogP contribution in [0.3, 0.4) is 0 Å². The second-order valence-electron chi connectivity index (χ2n) is 4.84. The van der Waals surface area contributed by atoms with Gasteiger partial charge in [0.2, 0.25) is 0 Å². The van der Waals surface area contributed by atoms with Crippen LogP contribution in [0.1, 0.15) is 31.1 Å². The number of carboxylic acid groups (broad SMARTS) is 1. The van der Waals surface area contributed by atoms with Crippen LogP contribution in [0.4, 0.5) is 0 Å². The Morgan fingerprint density at radius 3 is 2.10 bits per heavy atom. The number of hydrogen-bond acceptors (Lipinski definition) is 4. The molecule has 6 nitrogen and oxygen atoms in total. The number of carboxylic acids is 1. The molecule has 1 aromatic carbocycles. The lowest BCUT2D eigenvalue weighted by molar-refractivity contribution is 0.0695. The molecule has 0 atom stereocenters. The Bertz CT molecular complexity index is 613. The summed E-state index contributed by atoms with van der Waals surface area (Å²) in [5.74, 6) is -1.54. The highest BCUT2D eigenvalue weighted by molar-refractivity contribution is 7.81. The highest BCUT2D eigenvalue weighted by Gasteiger charge is 2.35. The van der Waals surface area contributed by atoms with Gasteiger partial charge in [0.25, 0.3) is 0 Å². The van der Waals surface area contributed by atoms with Gasteiger partial charge in [-0.1, -0.05) is 51.0 Å². The van der Waals surface area contributed by atoms with Crippen molar-refractivity contribution in [3.05, 3.63) is 23.8 Å². The van der Waals surface area contributed by atoms with E-state index < -0.39 is 24.4 Å². The molecule has 0 radical (unpaired) electrons. The highest BCUT2D eigenvalue weighted by Crippen LogP contribution is 2.28. The number of benzene rings is 1. The first-order valence-electron chi connectivity index (χ1n) is 6.74. The maximum absolute atomic E-state index is 11.3. The molecule has 0 aliphatic carbocycles. The molecule has 0 aromatic heterocycles. The van der Waals surface area contributed by atoms with Crippen LogP contribution in [0.15, 0.2) is 18.2 Å². The molecule has 0 saturated heterocycles. The van der Waals surface area contributed by atoms with Gasteiger partial charge >= 0.3 is 16.4 Å².